The molecule has 3 rings (SSSR count). The van der Waals surface area contributed by atoms with Crippen LogP contribution in [0.15, 0.2) is 10.0 Å². The lowest BCUT2D eigenvalue weighted by Crippen LogP contribution is -2.32. The highest BCUT2D eigenvalue weighted by Crippen LogP contribution is 2.32. The van der Waals surface area contributed by atoms with E-state index in [4.69, 9.17) is 4.63 Å². The highest BCUT2D eigenvalue weighted by Gasteiger charge is 2.33. The minimum atomic E-state index is -0.00603. The van der Waals surface area contributed by atoms with Crippen LogP contribution in [0.2, 0.25) is 0 Å². The molecule has 106 valence electrons. The lowest BCUT2D eigenvalue weighted by atomic mass is 10.1. The number of hydrogen-bond donors (Lipinski definition) is 0. The molecule has 0 aromatic carbocycles. The van der Waals surface area contributed by atoms with Crippen molar-refractivity contribution in [1.29, 1.82) is 0 Å². The third-order valence-corrected chi connectivity index (χ3v) is 4.40. The van der Waals surface area contributed by atoms with Crippen molar-refractivity contribution < 1.29 is 9.42 Å². The predicted molar refractivity (Wildman–Crippen MR) is 73.3 cm³/mol. The molecule has 1 saturated heterocycles. The average molecular weight is 292 g/mol. The van der Waals surface area contributed by atoms with E-state index in [2.05, 4.69) is 15.3 Å². The Bertz CT molecular complexity index is 621. The summed E-state index contributed by atoms with van der Waals surface area (Å²) < 4.78 is 4.76. The summed E-state index contributed by atoms with van der Waals surface area (Å²) in [6, 6.07) is -0.00603. The quantitative estimate of drug-likeness (QED) is 0.865. The third kappa shape index (κ3) is 2.45. The summed E-state index contributed by atoms with van der Waals surface area (Å²) in [5, 5.41) is 10.7. The molecule has 20 heavy (non-hydrogen) atoms. The fourth-order valence-corrected chi connectivity index (χ4v) is 3.25. The maximum atomic E-state index is 12.5. The molecule has 1 amide bonds. The minimum Gasteiger partial charge on any atom is -0.334 e. The summed E-state index contributed by atoms with van der Waals surface area (Å²) in [4.78, 5) is 18.7. The third-order valence-electron chi connectivity index (χ3n) is 3.58. The first-order valence-electron chi connectivity index (χ1n) is 6.64. The van der Waals surface area contributed by atoms with E-state index in [0.717, 1.165) is 41.5 Å². The minimum absolute atomic E-state index is 0.00603. The molecule has 0 aliphatic carbocycles. The SMILES string of the molecule is Cc1nc(CC(=O)N2CCC[C@@H]2c2nonc2C)cs1. The second-order valence-electron chi connectivity index (χ2n) is 5.01. The van der Waals surface area contributed by atoms with Crippen molar-refractivity contribution in [2.24, 2.45) is 0 Å². The van der Waals surface area contributed by atoms with Gasteiger partial charge < -0.3 is 4.90 Å². The number of nitrogens with zero attached hydrogens (tertiary/aromatic N) is 4. The zero-order valence-corrected chi connectivity index (χ0v) is 12.3. The number of rotatable bonds is 3. The molecule has 1 fully saturated rings. The molecule has 2 aromatic rings. The first-order valence-corrected chi connectivity index (χ1v) is 7.52. The van der Waals surface area contributed by atoms with E-state index in [0.29, 0.717) is 6.42 Å². The molecule has 2 aromatic heterocycles. The van der Waals surface area contributed by atoms with Crippen LogP contribution in [0, 0.1) is 13.8 Å². The number of likely N-dealkylation sites (tertiary alicyclic amines) is 1. The first-order chi connectivity index (χ1) is 9.65. The molecule has 3 heterocycles. The van der Waals surface area contributed by atoms with E-state index in [1.54, 1.807) is 11.3 Å². The van der Waals surface area contributed by atoms with Crippen molar-refractivity contribution in [3.8, 4) is 0 Å². The molecule has 1 aliphatic heterocycles. The Balaban J connectivity index is 1.75. The Kier molecular flexibility index (Phi) is 3.52. The molecule has 6 nitrogen and oxygen atoms in total. The van der Waals surface area contributed by atoms with Gasteiger partial charge in [0.25, 0.3) is 0 Å². The smallest absolute Gasteiger partial charge is 0.229 e. The Hall–Kier alpha value is -1.76. The van der Waals surface area contributed by atoms with Crippen LogP contribution in [0.4, 0.5) is 0 Å². The van der Waals surface area contributed by atoms with E-state index < -0.39 is 0 Å². The maximum absolute atomic E-state index is 12.5. The summed E-state index contributed by atoms with van der Waals surface area (Å²) in [7, 11) is 0. The Labute approximate surface area is 120 Å². The molecular formula is C13H16N4O2S. The average Bonchev–Trinajstić information content (AvgIpc) is 3.10. The Morgan fingerprint density at radius 1 is 1.50 bits per heavy atom. The normalized spacial score (nSPS) is 18.7. The van der Waals surface area contributed by atoms with Crippen LogP contribution >= 0.6 is 11.3 Å². The Morgan fingerprint density at radius 3 is 3.00 bits per heavy atom. The number of carbonyl (C=O) groups is 1. The van der Waals surface area contributed by atoms with Crippen LogP contribution in [-0.4, -0.2) is 32.6 Å². The van der Waals surface area contributed by atoms with Gasteiger partial charge in [0, 0.05) is 11.9 Å². The van der Waals surface area contributed by atoms with Gasteiger partial charge in [-0.05, 0) is 26.7 Å². The summed E-state index contributed by atoms with van der Waals surface area (Å²) in [6.45, 7) is 4.57. The first kappa shape index (κ1) is 13.2. The van der Waals surface area contributed by atoms with Crippen LogP contribution in [0.25, 0.3) is 0 Å². The van der Waals surface area contributed by atoms with Crippen LogP contribution in [-0.2, 0) is 11.2 Å². The molecule has 0 radical (unpaired) electrons. The zero-order valence-electron chi connectivity index (χ0n) is 11.5. The Morgan fingerprint density at radius 2 is 2.35 bits per heavy atom. The van der Waals surface area contributed by atoms with Gasteiger partial charge in [-0.25, -0.2) is 9.61 Å². The monoisotopic (exact) mass is 292 g/mol. The number of hydrogen-bond acceptors (Lipinski definition) is 6. The second kappa shape index (κ2) is 5.32. The van der Waals surface area contributed by atoms with Gasteiger partial charge in [-0.3, -0.25) is 4.79 Å². The van der Waals surface area contributed by atoms with Gasteiger partial charge in [-0.15, -0.1) is 11.3 Å². The zero-order chi connectivity index (χ0) is 14.1. The topological polar surface area (TPSA) is 72.1 Å². The highest BCUT2D eigenvalue weighted by atomic mass is 32.1. The van der Waals surface area contributed by atoms with E-state index in [9.17, 15) is 4.79 Å². The van der Waals surface area contributed by atoms with E-state index in [-0.39, 0.29) is 11.9 Å². The molecule has 0 N–H and O–H groups in total. The van der Waals surface area contributed by atoms with Crippen LogP contribution in [0.1, 0.15) is 41.0 Å². The van der Waals surface area contributed by atoms with Crippen LogP contribution in [0.5, 0.6) is 0 Å². The summed E-state index contributed by atoms with van der Waals surface area (Å²) in [5.41, 5.74) is 2.39. The van der Waals surface area contributed by atoms with Crippen molar-refractivity contribution in [2.45, 2.75) is 39.2 Å². The number of amides is 1. The van der Waals surface area contributed by atoms with Crippen molar-refractivity contribution in [1.82, 2.24) is 20.2 Å². The standard InChI is InChI=1S/C13H16N4O2S/c1-8-13(16-19-15-8)11-4-3-5-17(11)12(18)6-10-7-20-9(2)14-10/h7,11H,3-6H2,1-2H3/t11-/m1/s1. The second-order valence-corrected chi connectivity index (χ2v) is 6.08. The van der Waals surface area contributed by atoms with Crippen LogP contribution < -0.4 is 0 Å². The van der Waals surface area contributed by atoms with Crippen molar-refractivity contribution in [2.75, 3.05) is 6.54 Å². The maximum Gasteiger partial charge on any atom is 0.229 e. The van der Waals surface area contributed by atoms with E-state index >= 15 is 0 Å². The fourth-order valence-electron chi connectivity index (χ4n) is 2.64. The van der Waals surface area contributed by atoms with Gasteiger partial charge in [0.1, 0.15) is 11.4 Å². The molecular weight excluding hydrogens is 276 g/mol. The number of aryl methyl sites for hydroxylation is 2. The van der Waals surface area contributed by atoms with E-state index in [1.807, 2.05) is 24.1 Å². The molecule has 1 atom stereocenters. The lowest BCUT2D eigenvalue weighted by molar-refractivity contribution is -0.131. The summed E-state index contributed by atoms with van der Waals surface area (Å²) in [5.74, 6) is 0.0974. The number of carbonyl (C=O) groups excluding carboxylic acids is 1. The van der Waals surface area contributed by atoms with Gasteiger partial charge in [-0.2, -0.15) is 0 Å². The van der Waals surface area contributed by atoms with Crippen LogP contribution in [0.3, 0.4) is 0 Å². The number of thiazole rings is 1. The summed E-state index contributed by atoms with van der Waals surface area (Å²) in [6.07, 6.45) is 2.25. The number of aromatic nitrogens is 3. The molecule has 0 saturated carbocycles. The molecule has 0 unspecified atom stereocenters. The highest BCUT2D eigenvalue weighted by molar-refractivity contribution is 7.09. The fraction of sp³-hybridized carbons (Fsp3) is 0.538. The molecule has 0 bridgehead atoms. The van der Waals surface area contributed by atoms with E-state index in [1.165, 1.54) is 0 Å². The van der Waals surface area contributed by atoms with Crippen molar-refractivity contribution in [3.05, 3.63) is 27.5 Å². The van der Waals surface area contributed by atoms with Gasteiger partial charge in [0.05, 0.1) is 23.2 Å². The lowest BCUT2D eigenvalue weighted by Gasteiger charge is -2.22. The van der Waals surface area contributed by atoms with Gasteiger partial charge in [0.2, 0.25) is 5.91 Å². The molecule has 0 spiro atoms. The molecule has 1 aliphatic rings. The van der Waals surface area contributed by atoms with Gasteiger partial charge in [-0.1, -0.05) is 10.3 Å². The summed E-state index contributed by atoms with van der Waals surface area (Å²) >= 11 is 1.57. The predicted octanol–water partition coefficient (Wildman–Crippen LogP) is 2.05. The van der Waals surface area contributed by atoms with Gasteiger partial charge in [0.15, 0.2) is 0 Å². The van der Waals surface area contributed by atoms with Crippen molar-refractivity contribution >= 4 is 17.2 Å². The van der Waals surface area contributed by atoms with Crippen molar-refractivity contribution in [3.63, 3.8) is 0 Å². The molecule has 7 heteroatoms. The largest absolute Gasteiger partial charge is 0.334 e. The van der Waals surface area contributed by atoms with Gasteiger partial charge >= 0.3 is 0 Å².